The monoisotopic (exact) mass is 466 g/mol. The number of benzene rings is 2. The fourth-order valence-corrected chi connectivity index (χ4v) is 4.46. The zero-order chi connectivity index (χ0) is 23.1. The number of methoxy groups -OCH3 is 2. The molecule has 0 aliphatic carbocycles. The largest absolute Gasteiger partial charge is 0.497 e. The number of nitrogens with one attached hydrogen (secondary N) is 1. The minimum absolute atomic E-state index is 0.117. The molecular formula is C23H23ClN6O3. The van der Waals surface area contributed by atoms with Gasteiger partial charge in [-0.25, -0.2) is 4.98 Å². The minimum Gasteiger partial charge on any atom is -0.497 e. The van der Waals surface area contributed by atoms with Crippen LogP contribution >= 0.6 is 11.6 Å². The van der Waals surface area contributed by atoms with E-state index < -0.39 is 0 Å². The standard InChI is InChI=1S/C23H23ClN6O3/c1-13-17(24)5-6-18-21(13)28-22(27-18)20-11-15(33-3)12-29(20)23(31)16-10-14(32-2)4-7-19(16)30-25-8-9-26-30/h4-10,15,20H,11-12H2,1-3H3,(H,27,28)/t15-,20+/m1/s1. The minimum atomic E-state index is -0.294. The number of carbonyl (C=O) groups excluding carboxylic acids is 1. The summed E-state index contributed by atoms with van der Waals surface area (Å²) in [6.07, 6.45) is 3.64. The Labute approximate surface area is 195 Å². The van der Waals surface area contributed by atoms with E-state index in [-0.39, 0.29) is 18.1 Å². The number of hydrogen-bond donors (Lipinski definition) is 1. The van der Waals surface area contributed by atoms with Crippen molar-refractivity contribution in [1.82, 2.24) is 29.9 Å². The van der Waals surface area contributed by atoms with Gasteiger partial charge >= 0.3 is 0 Å². The molecule has 5 rings (SSSR count). The van der Waals surface area contributed by atoms with Gasteiger partial charge in [0.1, 0.15) is 11.6 Å². The molecule has 0 radical (unpaired) electrons. The fraction of sp³-hybridized carbons (Fsp3) is 0.304. The summed E-state index contributed by atoms with van der Waals surface area (Å²) in [5, 5.41) is 9.08. The number of aromatic nitrogens is 5. The number of nitrogens with zero attached hydrogens (tertiary/aromatic N) is 5. The third kappa shape index (κ3) is 3.73. The number of rotatable bonds is 5. The number of likely N-dealkylation sites (tertiary alicyclic amines) is 1. The van der Waals surface area contributed by atoms with Crippen LogP contribution in [0.5, 0.6) is 5.75 Å². The molecule has 0 unspecified atom stereocenters. The van der Waals surface area contributed by atoms with Crippen molar-refractivity contribution in [3.05, 3.63) is 64.7 Å². The third-order valence-corrected chi connectivity index (χ3v) is 6.52. The quantitative estimate of drug-likeness (QED) is 0.481. The van der Waals surface area contributed by atoms with Crippen molar-refractivity contribution in [2.75, 3.05) is 20.8 Å². The molecule has 33 heavy (non-hydrogen) atoms. The van der Waals surface area contributed by atoms with Crippen molar-refractivity contribution in [2.24, 2.45) is 0 Å². The maximum absolute atomic E-state index is 13.9. The smallest absolute Gasteiger partial charge is 0.256 e. The maximum Gasteiger partial charge on any atom is 0.256 e. The Morgan fingerprint density at radius 2 is 1.97 bits per heavy atom. The Bertz CT molecular complexity index is 1320. The van der Waals surface area contributed by atoms with E-state index in [1.54, 1.807) is 49.7 Å². The number of carbonyl (C=O) groups is 1. The van der Waals surface area contributed by atoms with E-state index in [2.05, 4.69) is 15.2 Å². The van der Waals surface area contributed by atoms with E-state index in [0.29, 0.717) is 40.8 Å². The van der Waals surface area contributed by atoms with Crippen molar-refractivity contribution in [3.63, 3.8) is 0 Å². The summed E-state index contributed by atoms with van der Waals surface area (Å²) in [7, 11) is 3.22. The highest BCUT2D eigenvalue weighted by Crippen LogP contribution is 2.36. The summed E-state index contributed by atoms with van der Waals surface area (Å²) in [4.78, 5) is 25.3. The number of halogens is 1. The van der Waals surface area contributed by atoms with E-state index in [0.717, 1.165) is 16.6 Å². The first-order valence-corrected chi connectivity index (χ1v) is 10.9. The highest BCUT2D eigenvalue weighted by molar-refractivity contribution is 6.32. The van der Waals surface area contributed by atoms with Gasteiger partial charge in [-0.1, -0.05) is 11.6 Å². The van der Waals surface area contributed by atoms with Crippen molar-refractivity contribution < 1.29 is 14.3 Å². The van der Waals surface area contributed by atoms with Crippen LogP contribution in [0.4, 0.5) is 0 Å². The van der Waals surface area contributed by atoms with E-state index in [4.69, 9.17) is 26.1 Å². The number of ether oxygens (including phenoxy) is 2. The van der Waals surface area contributed by atoms with Gasteiger partial charge in [-0.15, -0.1) is 0 Å². The Morgan fingerprint density at radius 1 is 1.18 bits per heavy atom. The van der Waals surface area contributed by atoms with Crippen LogP contribution in [0.3, 0.4) is 0 Å². The molecule has 0 spiro atoms. The maximum atomic E-state index is 13.9. The summed E-state index contributed by atoms with van der Waals surface area (Å²) in [5.74, 6) is 1.09. The van der Waals surface area contributed by atoms with Crippen LogP contribution in [-0.4, -0.2) is 62.6 Å². The Morgan fingerprint density at radius 3 is 2.70 bits per heavy atom. The lowest BCUT2D eigenvalue weighted by Gasteiger charge is -2.24. The average Bonchev–Trinajstić information content (AvgIpc) is 3.59. The molecule has 0 bridgehead atoms. The number of aryl methyl sites for hydroxylation is 1. The van der Waals surface area contributed by atoms with Crippen molar-refractivity contribution in [2.45, 2.75) is 25.5 Å². The van der Waals surface area contributed by atoms with Gasteiger partial charge in [0.25, 0.3) is 5.91 Å². The van der Waals surface area contributed by atoms with Gasteiger partial charge in [-0.3, -0.25) is 4.79 Å². The summed E-state index contributed by atoms with van der Waals surface area (Å²) in [6, 6.07) is 8.68. The highest BCUT2D eigenvalue weighted by atomic mass is 35.5. The Kier molecular flexibility index (Phi) is 5.51. The molecule has 3 heterocycles. The molecule has 2 atom stereocenters. The van der Waals surface area contributed by atoms with Gasteiger partial charge in [0.2, 0.25) is 0 Å². The topological polar surface area (TPSA) is 98.2 Å². The molecule has 1 aliphatic heterocycles. The summed E-state index contributed by atoms with van der Waals surface area (Å²) < 4.78 is 11.0. The van der Waals surface area contributed by atoms with Crippen LogP contribution in [0.2, 0.25) is 5.02 Å². The van der Waals surface area contributed by atoms with Crippen molar-refractivity contribution in [1.29, 1.82) is 0 Å². The molecular weight excluding hydrogens is 444 g/mol. The molecule has 1 fully saturated rings. The number of H-pyrrole nitrogens is 1. The zero-order valence-corrected chi connectivity index (χ0v) is 19.2. The number of fused-ring (bicyclic) bond motifs is 1. The van der Waals surface area contributed by atoms with Gasteiger partial charge in [-0.2, -0.15) is 15.0 Å². The third-order valence-electron chi connectivity index (χ3n) is 6.11. The molecule has 1 aliphatic rings. The molecule has 1 saturated heterocycles. The zero-order valence-electron chi connectivity index (χ0n) is 18.4. The number of hydrogen-bond acceptors (Lipinski definition) is 6. The van der Waals surface area contributed by atoms with Crippen LogP contribution in [-0.2, 0) is 4.74 Å². The predicted molar refractivity (Wildman–Crippen MR) is 123 cm³/mol. The van der Waals surface area contributed by atoms with Gasteiger partial charge in [0.15, 0.2) is 0 Å². The van der Waals surface area contributed by atoms with Crippen LogP contribution in [0.15, 0.2) is 42.7 Å². The summed E-state index contributed by atoms with van der Waals surface area (Å²) in [6.45, 7) is 2.38. The SMILES string of the molecule is COc1ccc(-n2nccn2)c(C(=O)N2C[C@H](OC)C[C@H]2c2nc3ccc(Cl)c(C)c3[nH]2)c1. The van der Waals surface area contributed by atoms with E-state index in [1.165, 1.54) is 4.80 Å². The van der Waals surface area contributed by atoms with E-state index >= 15 is 0 Å². The summed E-state index contributed by atoms with van der Waals surface area (Å²) in [5.41, 5.74) is 3.60. The van der Waals surface area contributed by atoms with Gasteiger partial charge in [-0.05, 0) is 42.8 Å². The first kappa shape index (κ1) is 21.4. The number of aromatic amines is 1. The van der Waals surface area contributed by atoms with Gasteiger partial charge in [0, 0.05) is 25.1 Å². The van der Waals surface area contributed by atoms with Crippen molar-refractivity contribution >= 4 is 28.5 Å². The van der Waals surface area contributed by atoms with Crippen LogP contribution in [0.1, 0.15) is 34.2 Å². The van der Waals surface area contributed by atoms with Gasteiger partial charge in [0.05, 0.1) is 53.9 Å². The number of imidazole rings is 1. The van der Waals surface area contributed by atoms with E-state index in [9.17, 15) is 4.79 Å². The second-order valence-electron chi connectivity index (χ2n) is 7.96. The lowest BCUT2D eigenvalue weighted by atomic mass is 10.1. The van der Waals surface area contributed by atoms with Gasteiger partial charge < -0.3 is 19.4 Å². The average molecular weight is 467 g/mol. The first-order valence-electron chi connectivity index (χ1n) is 10.5. The second kappa shape index (κ2) is 8.49. The molecule has 2 aromatic carbocycles. The Hall–Kier alpha value is -3.43. The molecule has 0 saturated carbocycles. The highest BCUT2D eigenvalue weighted by Gasteiger charge is 2.39. The fourth-order valence-electron chi connectivity index (χ4n) is 4.30. The molecule has 9 nitrogen and oxygen atoms in total. The molecule has 1 N–H and O–H groups in total. The lowest BCUT2D eigenvalue weighted by Crippen LogP contribution is -2.33. The van der Waals surface area contributed by atoms with E-state index in [1.807, 2.05) is 19.1 Å². The van der Waals surface area contributed by atoms with Crippen LogP contribution < -0.4 is 4.74 Å². The Balaban J connectivity index is 1.58. The van der Waals surface area contributed by atoms with Crippen molar-refractivity contribution in [3.8, 4) is 11.4 Å². The second-order valence-corrected chi connectivity index (χ2v) is 8.36. The molecule has 1 amide bonds. The molecule has 2 aromatic heterocycles. The normalized spacial score (nSPS) is 18.2. The lowest BCUT2D eigenvalue weighted by molar-refractivity contribution is 0.0684. The summed E-state index contributed by atoms with van der Waals surface area (Å²) >= 11 is 6.30. The number of amides is 1. The predicted octanol–water partition coefficient (Wildman–Crippen LogP) is 3.72. The first-order chi connectivity index (χ1) is 16.0. The molecule has 4 aromatic rings. The van der Waals surface area contributed by atoms with Crippen LogP contribution in [0.25, 0.3) is 16.7 Å². The van der Waals surface area contributed by atoms with Crippen LogP contribution in [0, 0.1) is 6.92 Å². The molecule has 170 valence electrons. The molecule has 10 heteroatoms.